The molecule has 3 aromatic rings. The first-order valence-electron chi connectivity index (χ1n) is 4.81. The first-order valence-corrected chi connectivity index (χ1v) is 4.81. The molecule has 2 N–H and O–H groups in total. The second-order valence-corrected chi connectivity index (χ2v) is 3.47. The third-order valence-electron chi connectivity index (χ3n) is 2.54. The largest absolute Gasteiger partial charge is 0.435 e. The van der Waals surface area contributed by atoms with E-state index >= 15 is 0 Å². The summed E-state index contributed by atoms with van der Waals surface area (Å²) in [7, 11) is 0. The number of nitrogens with two attached hydrogens (primary N) is 1. The van der Waals surface area contributed by atoms with E-state index in [1.54, 1.807) is 0 Å². The van der Waals surface area contributed by atoms with E-state index in [-0.39, 0.29) is 21.1 Å². The van der Waals surface area contributed by atoms with Crippen molar-refractivity contribution in [3.63, 3.8) is 0 Å². The summed E-state index contributed by atoms with van der Waals surface area (Å²) in [6, 6.07) is 16.7. The molecule has 2 nitrogen and oxygen atoms in total. The molecule has 0 fully saturated rings. The number of nitrogens with zero attached hydrogens (tertiary/aromatic N) is 1. The van der Waals surface area contributed by atoms with E-state index in [2.05, 4.69) is 11.1 Å². The van der Waals surface area contributed by atoms with Gasteiger partial charge in [-0.05, 0) is 22.7 Å². The number of fused-ring (bicyclic) bond motifs is 2. The Morgan fingerprint density at radius 2 is 1.75 bits per heavy atom. The quantitative estimate of drug-likeness (QED) is 0.475. The van der Waals surface area contributed by atoms with Crippen molar-refractivity contribution in [1.29, 1.82) is 0 Å². The van der Waals surface area contributed by atoms with E-state index in [4.69, 9.17) is 5.73 Å². The monoisotopic (exact) mass is 388 g/mol. The Balaban J connectivity index is 0.000000963. The minimum atomic E-state index is 0. The molecule has 0 saturated carbocycles. The van der Waals surface area contributed by atoms with Gasteiger partial charge in [0.1, 0.15) is 0 Å². The number of benzene rings is 2. The molecule has 82 valence electrons. The predicted octanol–water partition coefficient (Wildman–Crippen LogP) is 2.77. The van der Waals surface area contributed by atoms with Gasteiger partial charge in [0.15, 0.2) is 0 Å². The Morgan fingerprint density at radius 1 is 1.00 bits per heavy atom. The third kappa shape index (κ3) is 1.59. The van der Waals surface area contributed by atoms with Gasteiger partial charge in [-0.3, -0.25) is 4.98 Å². The van der Waals surface area contributed by atoms with Crippen LogP contribution in [0.1, 0.15) is 0 Å². The zero-order valence-corrected chi connectivity index (χ0v) is 10.7. The summed E-state index contributed by atoms with van der Waals surface area (Å²) in [5, 5.41) is 1.89. The minimum Gasteiger partial charge on any atom is -0.435 e. The zero-order valence-electron chi connectivity index (χ0n) is 8.38. The van der Waals surface area contributed by atoms with E-state index in [0.29, 0.717) is 0 Å². The van der Waals surface area contributed by atoms with Crippen LogP contribution in [0.5, 0.6) is 0 Å². The maximum atomic E-state index is 6.08. The number of hydrogen-bond acceptors (Lipinski definition) is 2. The van der Waals surface area contributed by atoms with Gasteiger partial charge in [-0.1, -0.05) is 18.2 Å². The fourth-order valence-electron chi connectivity index (χ4n) is 1.80. The number of pyridine rings is 1. The normalized spacial score (nSPS) is 10.2. The van der Waals surface area contributed by atoms with Crippen LogP contribution in [0.2, 0.25) is 0 Å². The first kappa shape index (κ1) is 11.1. The molecule has 3 heteroatoms. The summed E-state index contributed by atoms with van der Waals surface area (Å²) in [4.78, 5) is 4.53. The second-order valence-electron chi connectivity index (χ2n) is 3.47. The Labute approximate surface area is 108 Å². The van der Waals surface area contributed by atoms with Crippen LogP contribution in [0.3, 0.4) is 0 Å². The van der Waals surface area contributed by atoms with Gasteiger partial charge in [0.25, 0.3) is 0 Å². The minimum absolute atomic E-state index is 0. The summed E-state index contributed by atoms with van der Waals surface area (Å²) >= 11 is 0. The first-order chi connectivity index (χ1) is 7.36. The molecular weight excluding hydrogens is 379 g/mol. The van der Waals surface area contributed by atoms with E-state index in [0.717, 1.165) is 27.5 Å². The van der Waals surface area contributed by atoms with E-state index in [9.17, 15) is 0 Å². The molecule has 0 radical (unpaired) electrons. The van der Waals surface area contributed by atoms with Crippen molar-refractivity contribution in [2.75, 3.05) is 5.73 Å². The molecule has 0 aliphatic carbocycles. The zero-order chi connectivity index (χ0) is 10.3. The number of anilines is 1. The van der Waals surface area contributed by atoms with Crippen LogP contribution in [0.4, 0.5) is 5.69 Å². The van der Waals surface area contributed by atoms with Crippen LogP contribution in [0.25, 0.3) is 21.8 Å². The second kappa shape index (κ2) is 4.23. The SMILES string of the molecule is Nc1c2[c-]cccc2nc2ccccc12.[Pt]. The summed E-state index contributed by atoms with van der Waals surface area (Å²) < 4.78 is 0. The van der Waals surface area contributed by atoms with Gasteiger partial charge in [0, 0.05) is 21.1 Å². The molecule has 0 spiro atoms. The smallest absolute Gasteiger partial charge is 0.0523 e. The molecule has 3 rings (SSSR count). The maximum Gasteiger partial charge on any atom is 0.0523 e. The molecule has 0 amide bonds. The maximum absolute atomic E-state index is 6.08. The molecule has 0 saturated heterocycles. The average molecular weight is 388 g/mol. The number of rotatable bonds is 0. The molecule has 0 aliphatic heterocycles. The third-order valence-corrected chi connectivity index (χ3v) is 2.54. The molecule has 1 heterocycles. The predicted molar refractivity (Wildman–Crippen MR) is 62.5 cm³/mol. The van der Waals surface area contributed by atoms with Crippen molar-refractivity contribution in [2.45, 2.75) is 0 Å². The van der Waals surface area contributed by atoms with Crippen LogP contribution >= 0.6 is 0 Å². The summed E-state index contributed by atoms with van der Waals surface area (Å²) in [6.07, 6.45) is 0. The van der Waals surface area contributed by atoms with Crippen molar-refractivity contribution in [3.8, 4) is 0 Å². The van der Waals surface area contributed by atoms with Gasteiger partial charge in [0.05, 0.1) is 5.52 Å². The Morgan fingerprint density at radius 3 is 2.62 bits per heavy atom. The summed E-state index contributed by atoms with van der Waals surface area (Å²) in [5.74, 6) is 0. The van der Waals surface area contributed by atoms with Crippen molar-refractivity contribution < 1.29 is 21.1 Å². The molecular formula is C13H9N2Pt-. The van der Waals surface area contributed by atoms with E-state index < -0.39 is 0 Å². The number of aromatic nitrogens is 1. The van der Waals surface area contributed by atoms with E-state index in [1.165, 1.54) is 0 Å². The molecule has 0 unspecified atom stereocenters. The van der Waals surface area contributed by atoms with Gasteiger partial charge < -0.3 is 5.73 Å². The van der Waals surface area contributed by atoms with Crippen LogP contribution < -0.4 is 5.73 Å². The summed E-state index contributed by atoms with van der Waals surface area (Å²) in [6.45, 7) is 0. The molecule has 0 aliphatic rings. The van der Waals surface area contributed by atoms with Crippen LogP contribution in [0.15, 0.2) is 42.5 Å². The van der Waals surface area contributed by atoms with Gasteiger partial charge in [0.2, 0.25) is 0 Å². The van der Waals surface area contributed by atoms with Gasteiger partial charge in [-0.15, -0.1) is 29.7 Å². The van der Waals surface area contributed by atoms with Crippen LogP contribution in [0, 0.1) is 6.07 Å². The fraction of sp³-hybridized carbons (Fsp3) is 0. The van der Waals surface area contributed by atoms with E-state index in [1.807, 2.05) is 42.5 Å². The standard InChI is InChI=1S/C13H9N2.Pt/c14-13-9-5-1-3-7-11(9)15-12-8-4-2-6-10(12)13;/h1-5,7-8H,(H2,14,15);/q-1;. The Kier molecular flexibility index (Phi) is 2.93. The van der Waals surface area contributed by atoms with Crippen LogP contribution in [-0.4, -0.2) is 4.98 Å². The number of nitrogen functional groups attached to an aromatic ring is 1. The van der Waals surface area contributed by atoms with Gasteiger partial charge in [-0.2, -0.15) is 0 Å². The van der Waals surface area contributed by atoms with Crippen molar-refractivity contribution in [3.05, 3.63) is 48.5 Å². The van der Waals surface area contributed by atoms with Crippen molar-refractivity contribution in [2.24, 2.45) is 0 Å². The molecule has 0 atom stereocenters. The molecule has 0 bridgehead atoms. The van der Waals surface area contributed by atoms with Crippen LogP contribution in [-0.2, 0) is 21.1 Å². The topological polar surface area (TPSA) is 38.9 Å². The fourth-order valence-corrected chi connectivity index (χ4v) is 1.80. The molecule has 16 heavy (non-hydrogen) atoms. The van der Waals surface area contributed by atoms with Crippen molar-refractivity contribution >= 4 is 27.5 Å². The van der Waals surface area contributed by atoms with Crippen molar-refractivity contribution in [1.82, 2.24) is 4.98 Å². The number of para-hydroxylation sites is 1. The number of hydrogen-bond donors (Lipinski definition) is 1. The molecule has 2 aromatic carbocycles. The Bertz CT molecular complexity index is 596. The summed E-state index contributed by atoms with van der Waals surface area (Å²) in [5.41, 5.74) is 8.67. The average Bonchev–Trinajstić information content (AvgIpc) is 2.30. The molecule has 1 aromatic heterocycles. The van der Waals surface area contributed by atoms with Gasteiger partial charge >= 0.3 is 0 Å². The van der Waals surface area contributed by atoms with Gasteiger partial charge in [-0.25, -0.2) is 0 Å². The Hall–Kier alpha value is -1.40.